The fraction of sp³-hybridized carbons (Fsp3) is 0.889. The maximum absolute atomic E-state index is 11.4. The van der Waals surface area contributed by atoms with Gasteiger partial charge in [0.2, 0.25) is 5.91 Å². The van der Waals surface area contributed by atoms with Gasteiger partial charge in [0, 0.05) is 19.1 Å². The lowest BCUT2D eigenvalue weighted by Crippen LogP contribution is -2.44. The molecule has 1 atom stereocenters. The summed E-state index contributed by atoms with van der Waals surface area (Å²) in [7, 11) is 2.09. The first-order valence-electron chi connectivity index (χ1n) is 4.83. The minimum Gasteiger partial charge on any atom is -0.338 e. The second-order valence-corrected chi connectivity index (χ2v) is 3.76. The molecule has 1 rings (SSSR count). The molecule has 0 aromatic rings. The number of nitrogens with two attached hydrogens (primary N) is 1. The summed E-state index contributed by atoms with van der Waals surface area (Å²) in [4.78, 5) is 15.6. The molecule has 1 heterocycles. The van der Waals surface area contributed by atoms with Crippen LogP contribution in [0.2, 0.25) is 0 Å². The van der Waals surface area contributed by atoms with Crippen molar-refractivity contribution in [3.63, 3.8) is 0 Å². The molecule has 0 aromatic heterocycles. The zero-order valence-corrected chi connectivity index (χ0v) is 8.49. The topological polar surface area (TPSA) is 49.6 Å². The van der Waals surface area contributed by atoms with Gasteiger partial charge in [-0.25, -0.2) is 0 Å². The summed E-state index contributed by atoms with van der Waals surface area (Å²) in [6, 6.07) is 0.295. The smallest absolute Gasteiger partial charge is 0.236 e. The molecule has 76 valence electrons. The normalized spacial score (nSPS) is 25.8. The van der Waals surface area contributed by atoms with Gasteiger partial charge in [0.1, 0.15) is 0 Å². The number of hydrogen-bond acceptors (Lipinski definition) is 3. The third-order valence-corrected chi connectivity index (χ3v) is 2.54. The molecule has 0 aromatic carbocycles. The van der Waals surface area contributed by atoms with Crippen molar-refractivity contribution in [1.82, 2.24) is 9.80 Å². The highest BCUT2D eigenvalue weighted by Crippen LogP contribution is 2.07. The van der Waals surface area contributed by atoms with Crippen LogP contribution in [0, 0.1) is 0 Å². The molecule has 1 aliphatic heterocycles. The first-order chi connectivity index (χ1) is 6.15. The summed E-state index contributed by atoms with van der Waals surface area (Å²) in [5.41, 5.74) is 5.35. The SMILES string of the molecule is CC1CN(C)CCCN1C(=O)CN. The Balaban J connectivity index is 2.57. The predicted octanol–water partition coefficient (Wildman–Crippen LogP) is -0.502. The fourth-order valence-electron chi connectivity index (χ4n) is 1.86. The maximum Gasteiger partial charge on any atom is 0.236 e. The summed E-state index contributed by atoms with van der Waals surface area (Å²) < 4.78 is 0. The largest absolute Gasteiger partial charge is 0.338 e. The van der Waals surface area contributed by atoms with Crippen molar-refractivity contribution in [2.24, 2.45) is 5.73 Å². The minimum atomic E-state index is 0.0720. The zero-order chi connectivity index (χ0) is 9.84. The Morgan fingerprint density at radius 3 is 2.85 bits per heavy atom. The Bertz CT molecular complexity index is 184. The lowest BCUT2D eigenvalue weighted by Gasteiger charge is -2.27. The Hall–Kier alpha value is -0.610. The van der Waals surface area contributed by atoms with Gasteiger partial charge in [0.25, 0.3) is 0 Å². The highest BCUT2D eigenvalue weighted by atomic mass is 16.2. The number of amides is 1. The van der Waals surface area contributed by atoms with E-state index in [4.69, 9.17) is 5.73 Å². The molecule has 1 unspecified atom stereocenters. The summed E-state index contributed by atoms with van der Waals surface area (Å²) in [5, 5.41) is 0. The Labute approximate surface area is 79.7 Å². The van der Waals surface area contributed by atoms with E-state index in [1.165, 1.54) is 0 Å². The Morgan fingerprint density at radius 2 is 2.23 bits per heavy atom. The number of carbonyl (C=O) groups is 1. The van der Waals surface area contributed by atoms with Gasteiger partial charge < -0.3 is 15.5 Å². The van der Waals surface area contributed by atoms with E-state index in [9.17, 15) is 4.79 Å². The van der Waals surface area contributed by atoms with Crippen molar-refractivity contribution in [2.75, 3.05) is 33.2 Å². The van der Waals surface area contributed by atoms with E-state index < -0.39 is 0 Å². The highest BCUT2D eigenvalue weighted by Gasteiger charge is 2.22. The molecule has 1 fully saturated rings. The molecule has 0 saturated carbocycles. The third kappa shape index (κ3) is 2.67. The standard InChI is InChI=1S/C9H19N3O/c1-8-7-11(2)4-3-5-12(8)9(13)6-10/h8H,3-7,10H2,1-2H3. The molecule has 0 spiro atoms. The monoisotopic (exact) mass is 185 g/mol. The van der Waals surface area contributed by atoms with Crippen LogP contribution in [-0.2, 0) is 4.79 Å². The molecule has 0 radical (unpaired) electrons. The van der Waals surface area contributed by atoms with Gasteiger partial charge in [-0.2, -0.15) is 0 Å². The van der Waals surface area contributed by atoms with Crippen LogP contribution in [-0.4, -0.2) is 55.0 Å². The van der Waals surface area contributed by atoms with E-state index in [0.29, 0.717) is 6.04 Å². The first-order valence-corrected chi connectivity index (χ1v) is 4.83. The molecule has 1 aliphatic rings. The van der Waals surface area contributed by atoms with Crippen molar-refractivity contribution < 1.29 is 4.79 Å². The Morgan fingerprint density at radius 1 is 1.54 bits per heavy atom. The van der Waals surface area contributed by atoms with Gasteiger partial charge in [-0.1, -0.05) is 0 Å². The lowest BCUT2D eigenvalue weighted by atomic mass is 10.2. The van der Waals surface area contributed by atoms with E-state index in [0.717, 1.165) is 26.1 Å². The van der Waals surface area contributed by atoms with Crippen LogP contribution in [0.15, 0.2) is 0 Å². The van der Waals surface area contributed by atoms with E-state index >= 15 is 0 Å². The van der Waals surface area contributed by atoms with Crippen molar-refractivity contribution in [1.29, 1.82) is 0 Å². The third-order valence-electron chi connectivity index (χ3n) is 2.54. The number of rotatable bonds is 1. The molecule has 2 N–H and O–H groups in total. The van der Waals surface area contributed by atoms with Crippen molar-refractivity contribution in [3.05, 3.63) is 0 Å². The van der Waals surface area contributed by atoms with Gasteiger partial charge in [-0.15, -0.1) is 0 Å². The van der Waals surface area contributed by atoms with Gasteiger partial charge in [0.05, 0.1) is 6.54 Å². The van der Waals surface area contributed by atoms with E-state index in [2.05, 4.69) is 18.9 Å². The molecule has 0 aliphatic carbocycles. The molecule has 0 bridgehead atoms. The van der Waals surface area contributed by atoms with Gasteiger partial charge in [-0.05, 0) is 26.9 Å². The number of nitrogens with zero attached hydrogens (tertiary/aromatic N) is 2. The number of likely N-dealkylation sites (N-methyl/N-ethyl adjacent to an activating group) is 1. The van der Waals surface area contributed by atoms with E-state index in [1.807, 2.05) is 4.90 Å². The van der Waals surface area contributed by atoms with Crippen molar-refractivity contribution >= 4 is 5.91 Å². The minimum absolute atomic E-state index is 0.0720. The molecule has 1 saturated heterocycles. The molecule has 13 heavy (non-hydrogen) atoms. The second-order valence-electron chi connectivity index (χ2n) is 3.76. The summed E-state index contributed by atoms with van der Waals surface area (Å²) in [5.74, 6) is 0.0720. The lowest BCUT2D eigenvalue weighted by molar-refractivity contribution is -0.131. The molecule has 4 nitrogen and oxygen atoms in total. The van der Waals surface area contributed by atoms with Gasteiger partial charge in [0.15, 0.2) is 0 Å². The Kier molecular flexibility index (Phi) is 3.69. The summed E-state index contributed by atoms with van der Waals surface area (Å²) >= 11 is 0. The molecule has 4 heteroatoms. The van der Waals surface area contributed by atoms with Crippen LogP contribution in [0.1, 0.15) is 13.3 Å². The summed E-state index contributed by atoms with van der Waals surface area (Å²) in [6.07, 6.45) is 1.05. The van der Waals surface area contributed by atoms with Crippen LogP contribution < -0.4 is 5.73 Å². The maximum atomic E-state index is 11.4. The van der Waals surface area contributed by atoms with Crippen LogP contribution in [0.5, 0.6) is 0 Å². The van der Waals surface area contributed by atoms with Crippen LogP contribution in [0.3, 0.4) is 0 Å². The van der Waals surface area contributed by atoms with E-state index in [1.54, 1.807) is 0 Å². The quantitative estimate of drug-likeness (QED) is 0.599. The molecule has 1 amide bonds. The van der Waals surface area contributed by atoms with Gasteiger partial charge in [-0.3, -0.25) is 4.79 Å². The number of carbonyl (C=O) groups excluding carboxylic acids is 1. The zero-order valence-electron chi connectivity index (χ0n) is 8.49. The average molecular weight is 185 g/mol. The van der Waals surface area contributed by atoms with Gasteiger partial charge >= 0.3 is 0 Å². The van der Waals surface area contributed by atoms with Crippen LogP contribution >= 0.6 is 0 Å². The molecular weight excluding hydrogens is 166 g/mol. The number of hydrogen-bond donors (Lipinski definition) is 1. The second kappa shape index (κ2) is 4.58. The van der Waals surface area contributed by atoms with E-state index in [-0.39, 0.29) is 12.5 Å². The van der Waals surface area contributed by atoms with Crippen LogP contribution in [0.25, 0.3) is 0 Å². The molecular formula is C9H19N3O. The predicted molar refractivity (Wildman–Crippen MR) is 52.3 cm³/mol. The average Bonchev–Trinajstić information content (AvgIpc) is 2.25. The highest BCUT2D eigenvalue weighted by molar-refractivity contribution is 5.78. The van der Waals surface area contributed by atoms with Crippen molar-refractivity contribution in [3.8, 4) is 0 Å². The summed E-state index contributed by atoms with van der Waals surface area (Å²) in [6.45, 7) is 5.08. The fourth-order valence-corrected chi connectivity index (χ4v) is 1.86. The van der Waals surface area contributed by atoms with Crippen molar-refractivity contribution in [2.45, 2.75) is 19.4 Å². The first kappa shape index (κ1) is 10.5. The van der Waals surface area contributed by atoms with Crippen LogP contribution in [0.4, 0.5) is 0 Å².